The molecule has 4 heteroatoms. The summed E-state index contributed by atoms with van der Waals surface area (Å²) in [4.78, 5) is 0. The second-order valence-corrected chi connectivity index (χ2v) is 3.97. The maximum atomic E-state index is 5.57. The number of hydrogen-bond acceptors (Lipinski definition) is 3. The Kier molecular flexibility index (Phi) is 3.01. The summed E-state index contributed by atoms with van der Waals surface area (Å²) in [5.74, 6) is 0. The first-order valence-corrected chi connectivity index (χ1v) is 5.39. The average Bonchev–Trinajstić information content (AvgIpc) is 2.70. The van der Waals surface area contributed by atoms with Crippen LogP contribution in [0.15, 0.2) is 24.4 Å². The molecule has 0 saturated heterocycles. The highest BCUT2D eigenvalue weighted by Gasteiger charge is 2.07. The molecule has 0 aliphatic rings. The summed E-state index contributed by atoms with van der Waals surface area (Å²) in [6, 6.07) is 6.31. The number of rotatable bonds is 3. The van der Waals surface area contributed by atoms with E-state index >= 15 is 0 Å². The molecule has 0 fully saturated rings. The molecule has 16 heavy (non-hydrogen) atoms. The lowest BCUT2D eigenvalue weighted by Gasteiger charge is -2.09. The van der Waals surface area contributed by atoms with Gasteiger partial charge < -0.3 is 5.73 Å². The van der Waals surface area contributed by atoms with E-state index in [0.29, 0.717) is 6.54 Å². The molecule has 4 nitrogen and oxygen atoms in total. The monoisotopic (exact) mass is 216 g/mol. The summed E-state index contributed by atoms with van der Waals surface area (Å²) in [6.07, 6.45) is 2.56. The van der Waals surface area contributed by atoms with E-state index in [1.165, 1.54) is 11.1 Å². The van der Waals surface area contributed by atoms with Gasteiger partial charge in [0, 0.05) is 6.42 Å². The largest absolute Gasteiger partial charge is 0.330 e. The fourth-order valence-electron chi connectivity index (χ4n) is 1.73. The second kappa shape index (κ2) is 4.45. The van der Waals surface area contributed by atoms with E-state index in [2.05, 4.69) is 42.4 Å². The molecule has 0 atom stereocenters. The van der Waals surface area contributed by atoms with Crippen molar-refractivity contribution in [3.05, 3.63) is 41.2 Å². The molecule has 84 valence electrons. The number of benzene rings is 1. The number of aromatic nitrogens is 3. The fourth-order valence-corrected chi connectivity index (χ4v) is 1.73. The molecule has 0 bridgehead atoms. The third-order valence-electron chi connectivity index (χ3n) is 2.61. The van der Waals surface area contributed by atoms with Crippen molar-refractivity contribution in [1.82, 2.24) is 15.0 Å². The van der Waals surface area contributed by atoms with Crippen LogP contribution in [0.2, 0.25) is 0 Å². The second-order valence-electron chi connectivity index (χ2n) is 3.97. The van der Waals surface area contributed by atoms with Crippen LogP contribution in [0.3, 0.4) is 0 Å². The van der Waals surface area contributed by atoms with Gasteiger partial charge in [-0.05, 0) is 37.6 Å². The van der Waals surface area contributed by atoms with Crippen molar-refractivity contribution >= 4 is 0 Å². The van der Waals surface area contributed by atoms with Crippen LogP contribution in [0, 0.1) is 13.8 Å². The van der Waals surface area contributed by atoms with Crippen molar-refractivity contribution in [1.29, 1.82) is 0 Å². The lowest BCUT2D eigenvalue weighted by molar-refractivity contribution is 0.750. The Balaban J connectivity index is 2.49. The van der Waals surface area contributed by atoms with E-state index in [9.17, 15) is 0 Å². The predicted octanol–water partition coefficient (Wildman–Crippen LogP) is 1.39. The van der Waals surface area contributed by atoms with Gasteiger partial charge in [0.15, 0.2) is 0 Å². The maximum Gasteiger partial charge on any atom is 0.0730 e. The SMILES string of the molecule is Cc1ccc(C)c(-n2nncc2CCN)c1. The standard InChI is InChI=1S/C12H16N4/c1-9-3-4-10(2)12(7-9)16-11(5-6-13)8-14-15-16/h3-4,7-8H,5-6,13H2,1-2H3. The van der Waals surface area contributed by atoms with E-state index in [0.717, 1.165) is 17.8 Å². The molecular weight excluding hydrogens is 200 g/mol. The van der Waals surface area contributed by atoms with E-state index in [-0.39, 0.29) is 0 Å². The number of aryl methyl sites for hydroxylation is 2. The maximum absolute atomic E-state index is 5.57. The van der Waals surface area contributed by atoms with Crippen molar-refractivity contribution < 1.29 is 0 Å². The molecule has 0 aliphatic heterocycles. The highest BCUT2D eigenvalue weighted by molar-refractivity contribution is 5.43. The summed E-state index contributed by atoms with van der Waals surface area (Å²) in [7, 11) is 0. The zero-order chi connectivity index (χ0) is 11.5. The smallest absolute Gasteiger partial charge is 0.0730 e. The third-order valence-corrected chi connectivity index (χ3v) is 2.61. The van der Waals surface area contributed by atoms with Gasteiger partial charge >= 0.3 is 0 Å². The molecule has 0 saturated carbocycles. The first kappa shape index (κ1) is 10.8. The zero-order valence-corrected chi connectivity index (χ0v) is 9.64. The van der Waals surface area contributed by atoms with Crippen molar-refractivity contribution in [2.75, 3.05) is 6.54 Å². The Bertz CT molecular complexity index is 488. The molecular formula is C12H16N4. The van der Waals surface area contributed by atoms with Crippen LogP contribution in [0.25, 0.3) is 5.69 Å². The van der Waals surface area contributed by atoms with Gasteiger partial charge in [-0.2, -0.15) is 0 Å². The third kappa shape index (κ3) is 1.97. The molecule has 0 unspecified atom stereocenters. The predicted molar refractivity (Wildman–Crippen MR) is 63.6 cm³/mol. The molecule has 1 heterocycles. The van der Waals surface area contributed by atoms with Crippen LogP contribution < -0.4 is 5.73 Å². The van der Waals surface area contributed by atoms with Gasteiger partial charge in [0.1, 0.15) is 0 Å². The van der Waals surface area contributed by atoms with Crippen LogP contribution >= 0.6 is 0 Å². The zero-order valence-electron chi connectivity index (χ0n) is 9.64. The van der Waals surface area contributed by atoms with Gasteiger partial charge in [0.05, 0.1) is 17.6 Å². The van der Waals surface area contributed by atoms with Crippen molar-refractivity contribution in [2.45, 2.75) is 20.3 Å². The van der Waals surface area contributed by atoms with Crippen LogP contribution in [0.4, 0.5) is 0 Å². The summed E-state index contributed by atoms with van der Waals surface area (Å²) >= 11 is 0. The fraction of sp³-hybridized carbons (Fsp3) is 0.333. The van der Waals surface area contributed by atoms with Crippen molar-refractivity contribution in [2.24, 2.45) is 5.73 Å². The van der Waals surface area contributed by atoms with Crippen LogP contribution in [-0.2, 0) is 6.42 Å². The number of hydrogen-bond donors (Lipinski definition) is 1. The molecule has 0 radical (unpaired) electrons. The van der Waals surface area contributed by atoms with E-state index in [4.69, 9.17) is 5.73 Å². The Morgan fingerprint density at radius 3 is 2.88 bits per heavy atom. The minimum atomic E-state index is 0.609. The molecule has 2 aromatic rings. The summed E-state index contributed by atoms with van der Waals surface area (Å²) < 4.78 is 1.87. The van der Waals surface area contributed by atoms with Crippen molar-refractivity contribution in [3.63, 3.8) is 0 Å². The summed E-state index contributed by atoms with van der Waals surface area (Å²) in [6.45, 7) is 4.75. The number of nitrogens with two attached hydrogens (primary N) is 1. The van der Waals surface area contributed by atoms with Gasteiger partial charge in [-0.1, -0.05) is 17.3 Å². The normalized spacial score (nSPS) is 10.7. The number of nitrogens with zero attached hydrogens (tertiary/aromatic N) is 3. The molecule has 2 rings (SSSR count). The van der Waals surface area contributed by atoms with Crippen molar-refractivity contribution in [3.8, 4) is 5.69 Å². The van der Waals surface area contributed by atoms with E-state index < -0.39 is 0 Å². The molecule has 1 aromatic heterocycles. The first-order valence-electron chi connectivity index (χ1n) is 5.39. The van der Waals surface area contributed by atoms with Gasteiger partial charge in [0.2, 0.25) is 0 Å². The van der Waals surface area contributed by atoms with Crippen LogP contribution in [0.5, 0.6) is 0 Å². The molecule has 0 spiro atoms. The molecule has 0 amide bonds. The minimum absolute atomic E-state index is 0.609. The Morgan fingerprint density at radius 1 is 1.31 bits per heavy atom. The highest BCUT2D eigenvalue weighted by Crippen LogP contribution is 2.16. The molecule has 1 aromatic carbocycles. The van der Waals surface area contributed by atoms with Crippen LogP contribution in [0.1, 0.15) is 16.8 Å². The Labute approximate surface area is 95.1 Å². The molecule has 0 aliphatic carbocycles. The van der Waals surface area contributed by atoms with Gasteiger partial charge in [-0.15, -0.1) is 5.10 Å². The lowest BCUT2D eigenvalue weighted by Crippen LogP contribution is -2.09. The summed E-state index contributed by atoms with van der Waals surface area (Å²) in [5, 5.41) is 8.06. The highest BCUT2D eigenvalue weighted by atomic mass is 15.4. The van der Waals surface area contributed by atoms with E-state index in [1.54, 1.807) is 6.20 Å². The topological polar surface area (TPSA) is 56.7 Å². The summed E-state index contributed by atoms with van der Waals surface area (Å²) in [5.41, 5.74) is 10.1. The van der Waals surface area contributed by atoms with E-state index in [1.807, 2.05) is 4.68 Å². The van der Waals surface area contributed by atoms with Gasteiger partial charge in [-0.25, -0.2) is 4.68 Å². The average molecular weight is 216 g/mol. The quantitative estimate of drug-likeness (QED) is 0.843. The van der Waals surface area contributed by atoms with Gasteiger partial charge in [-0.3, -0.25) is 0 Å². The first-order chi connectivity index (χ1) is 7.72. The minimum Gasteiger partial charge on any atom is -0.330 e. The Morgan fingerprint density at radius 2 is 2.12 bits per heavy atom. The lowest BCUT2D eigenvalue weighted by atomic mass is 10.1. The molecule has 2 N–H and O–H groups in total. The van der Waals surface area contributed by atoms with Gasteiger partial charge in [0.25, 0.3) is 0 Å². The Hall–Kier alpha value is -1.68. The van der Waals surface area contributed by atoms with Crippen LogP contribution in [-0.4, -0.2) is 21.5 Å².